The minimum atomic E-state index is 1.30. The largest absolute Gasteiger partial charge is 0.143 e. The van der Waals surface area contributed by atoms with Gasteiger partial charge in [0.25, 0.3) is 0 Å². The predicted molar refractivity (Wildman–Crippen MR) is 62.3 cm³/mol. The van der Waals surface area contributed by atoms with E-state index in [1.54, 1.807) is 22.7 Å². The Hall–Kier alpha value is -0.860. The van der Waals surface area contributed by atoms with Gasteiger partial charge in [0.05, 0.1) is 0 Å². The molecule has 66 valence electrons. The quantitative estimate of drug-likeness (QED) is 0.678. The number of thiophene rings is 2. The molecule has 0 N–H and O–H groups in total. The van der Waals surface area contributed by atoms with Gasteiger partial charge in [-0.25, -0.2) is 0 Å². The Kier molecular flexibility index (Phi) is 2.62. The summed E-state index contributed by atoms with van der Waals surface area (Å²) in [5.41, 5.74) is 1.30. The molecule has 2 heterocycles. The highest BCUT2D eigenvalue weighted by Crippen LogP contribution is 2.31. The number of hydrogen-bond acceptors (Lipinski definition) is 2. The van der Waals surface area contributed by atoms with Crippen LogP contribution in [0.3, 0.4) is 0 Å². The molecule has 0 aliphatic rings. The zero-order chi connectivity index (χ0) is 9.10. The van der Waals surface area contributed by atoms with Crippen LogP contribution in [0, 0.1) is 0 Å². The first-order valence-electron chi connectivity index (χ1n) is 4.15. The maximum Gasteiger partial charge on any atom is 0.0448 e. The maximum absolute atomic E-state index is 2.23. The molecule has 2 aromatic rings. The molecule has 0 unspecified atom stereocenters. The summed E-state index contributed by atoms with van der Waals surface area (Å²) in [7, 11) is 0. The molecule has 0 saturated heterocycles. The summed E-state index contributed by atoms with van der Waals surface area (Å²) in [5, 5.41) is 4.30. The van der Waals surface area contributed by atoms with Gasteiger partial charge < -0.3 is 0 Å². The predicted octanol–water partition coefficient (Wildman–Crippen LogP) is 4.51. The molecule has 0 radical (unpaired) electrons. The standard InChI is InChI=1S/C11H10S2/c1-2-4-9-7-11(13-8-9)10-5-3-6-12-10/h2-8H,1H3/b4-2+. The van der Waals surface area contributed by atoms with Crippen LogP contribution >= 0.6 is 22.7 Å². The molecule has 0 nitrogen and oxygen atoms in total. The summed E-state index contributed by atoms with van der Waals surface area (Å²) in [6, 6.07) is 6.49. The van der Waals surface area contributed by atoms with Crippen molar-refractivity contribution in [1.82, 2.24) is 0 Å². The van der Waals surface area contributed by atoms with Gasteiger partial charge in [-0.3, -0.25) is 0 Å². The Labute approximate surface area is 86.2 Å². The SMILES string of the molecule is C/C=C/c1csc(-c2cccs2)c1. The van der Waals surface area contributed by atoms with Crippen molar-refractivity contribution in [3.05, 3.63) is 40.6 Å². The summed E-state index contributed by atoms with van der Waals surface area (Å²) in [4.78, 5) is 2.73. The third kappa shape index (κ3) is 1.90. The lowest BCUT2D eigenvalue weighted by molar-refractivity contribution is 1.76. The zero-order valence-corrected chi connectivity index (χ0v) is 8.99. The molecule has 0 saturated carbocycles. The molecular formula is C11H10S2. The molecule has 2 rings (SSSR count). The van der Waals surface area contributed by atoms with Crippen molar-refractivity contribution in [2.75, 3.05) is 0 Å². The lowest BCUT2D eigenvalue weighted by Gasteiger charge is -1.86. The lowest BCUT2D eigenvalue weighted by atomic mass is 10.3. The van der Waals surface area contributed by atoms with E-state index in [0.29, 0.717) is 0 Å². The Bertz CT molecular complexity index is 393. The second-order valence-corrected chi connectivity index (χ2v) is 4.58. The molecule has 13 heavy (non-hydrogen) atoms. The Balaban J connectivity index is 2.33. The molecule has 0 amide bonds. The zero-order valence-electron chi connectivity index (χ0n) is 7.36. The van der Waals surface area contributed by atoms with Gasteiger partial charge in [-0.2, -0.15) is 0 Å². The first-order chi connectivity index (χ1) is 6.40. The first-order valence-corrected chi connectivity index (χ1v) is 5.91. The van der Waals surface area contributed by atoms with E-state index < -0.39 is 0 Å². The van der Waals surface area contributed by atoms with Crippen LogP contribution < -0.4 is 0 Å². The summed E-state index contributed by atoms with van der Waals surface area (Å²) < 4.78 is 0. The minimum Gasteiger partial charge on any atom is -0.143 e. The maximum atomic E-state index is 2.23. The van der Waals surface area contributed by atoms with E-state index in [4.69, 9.17) is 0 Å². The summed E-state index contributed by atoms with van der Waals surface area (Å²) in [6.07, 6.45) is 4.20. The van der Waals surface area contributed by atoms with E-state index in [-0.39, 0.29) is 0 Å². The highest BCUT2D eigenvalue weighted by atomic mass is 32.1. The number of rotatable bonds is 2. The van der Waals surface area contributed by atoms with Crippen molar-refractivity contribution >= 4 is 28.7 Å². The van der Waals surface area contributed by atoms with E-state index in [9.17, 15) is 0 Å². The van der Waals surface area contributed by atoms with Crippen LogP contribution in [0.2, 0.25) is 0 Å². The molecule has 2 heteroatoms. The van der Waals surface area contributed by atoms with Gasteiger partial charge in [0.2, 0.25) is 0 Å². The Morgan fingerprint density at radius 3 is 2.85 bits per heavy atom. The summed E-state index contributed by atoms with van der Waals surface area (Å²) in [6.45, 7) is 2.04. The van der Waals surface area contributed by atoms with Crippen LogP contribution in [-0.2, 0) is 0 Å². The monoisotopic (exact) mass is 206 g/mol. The molecule has 2 aromatic heterocycles. The smallest absolute Gasteiger partial charge is 0.0448 e. The Morgan fingerprint density at radius 2 is 2.15 bits per heavy atom. The number of hydrogen-bond donors (Lipinski definition) is 0. The van der Waals surface area contributed by atoms with Crippen LogP contribution in [0.25, 0.3) is 15.8 Å². The summed E-state index contributed by atoms with van der Waals surface area (Å²) >= 11 is 3.60. The molecule has 0 aliphatic heterocycles. The molecular weight excluding hydrogens is 196 g/mol. The summed E-state index contributed by atoms with van der Waals surface area (Å²) in [5.74, 6) is 0. The minimum absolute atomic E-state index is 1.30. The highest BCUT2D eigenvalue weighted by Gasteiger charge is 2.00. The van der Waals surface area contributed by atoms with Crippen LogP contribution in [0.4, 0.5) is 0 Å². The van der Waals surface area contributed by atoms with E-state index in [2.05, 4.69) is 41.1 Å². The van der Waals surface area contributed by atoms with Gasteiger partial charge in [-0.05, 0) is 35.4 Å². The van der Waals surface area contributed by atoms with Crippen molar-refractivity contribution in [3.8, 4) is 9.75 Å². The number of allylic oxidation sites excluding steroid dienone is 1. The molecule has 0 fully saturated rings. The normalized spacial score (nSPS) is 11.2. The third-order valence-corrected chi connectivity index (χ3v) is 3.76. The van der Waals surface area contributed by atoms with Gasteiger partial charge in [0.15, 0.2) is 0 Å². The van der Waals surface area contributed by atoms with Crippen LogP contribution in [0.1, 0.15) is 12.5 Å². The van der Waals surface area contributed by atoms with E-state index in [1.807, 2.05) is 6.92 Å². The lowest BCUT2D eigenvalue weighted by Crippen LogP contribution is -1.60. The van der Waals surface area contributed by atoms with Crippen molar-refractivity contribution in [2.45, 2.75) is 6.92 Å². The molecule has 0 aliphatic carbocycles. The van der Waals surface area contributed by atoms with Gasteiger partial charge in [-0.1, -0.05) is 18.2 Å². The van der Waals surface area contributed by atoms with Crippen LogP contribution in [0.5, 0.6) is 0 Å². The average Bonchev–Trinajstić information content (AvgIpc) is 2.70. The molecule has 0 atom stereocenters. The van der Waals surface area contributed by atoms with Gasteiger partial charge in [0, 0.05) is 9.75 Å². The van der Waals surface area contributed by atoms with Gasteiger partial charge >= 0.3 is 0 Å². The average molecular weight is 206 g/mol. The molecule has 0 spiro atoms. The fraction of sp³-hybridized carbons (Fsp3) is 0.0909. The van der Waals surface area contributed by atoms with E-state index >= 15 is 0 Å². The topological polar surface area (TPSA) is 0 Å². The molecule has 0 bridgehead atoms. The molecule has 0 aromatic carbocycles. The fourth-order valence-corrected chi connectivity index (χ4v) is 2.90. The first kappa shape index (κ1) is 8.73. The second-order valence-electron chi connectivity index (χ2n) is 2.72. The van der Waals surface area contributed by atoms with Crippen molar-refractivity contribution < 1.29 is 0 Å². The van der Waals surface area contributed by atoms with Gasteiger partial charge in [-0.15, -0.1) is 22.7 Å². The highest BCUT2D eigenvalue weighted by molar-refractivity contribution is 7.20. The van der Waals surface area contributed by atoms with Gasteiger partial charge in [0.1, 0.15) is 0 Å². The Morgan fingerprint density at radius 1 is 1.23 bits per heavy atom. The van der Waals surface area contributed by atoms with Crippen molar-refractivity contribution in [2.24, 2.45) is 0 Å². The van der Waals surface area contributed by atoms with Crippen molar-refractivity contribution in [3.63, 3.8) is 0 Å². The fourth-order valence-electron chi connectivity index (χ4n) is 1.18. The van der Waals surface area contributed by atoms with Crippen molar-refractivity contribution in [1.29, 1.82) is 0 Å². The van der Waals surface area contributed by atoms with E-state index in [1.165, 1.54) is 15.3 Å². The van der Waals surface area contributed by atoms with Crippen LogP contribution in [0.15, 0.2) is 35.0 Å². The second kappa shape index (κ2) is 3.90. The van der Waals surface area contributed by atoms with Crippen LogP contribution in [-0.4, -0.2) is 0 Å². The third-order valence-electron chi connectivity index (χ3n) is 1.74. The van der Waals surface area contributed by atoms with E-state index in [0.717, 1.165) is 0 Å².